The zero-order valence-electron chi connectivity index (χ0n) is 18.1. The van der Waals surface area contributed by atoms with Crippen LogP contribution in [0.1, 0.15) is 48.9 Å². The fraction of sp³-hybridized carbons (Fsp3) is 0.360. The van der Waals surface area contributed by atoms with Crippen LogP contribution in [0.5, 0.6) is 0 Å². The van der Waals surface area contributed by atoms with Crippen LogP contribution in [0.3, 0.4) is 0 Å². The van der Waals surface area contributed by atoms with Gasteiger partial charge in [0.15, 0.2) is 0 Å². The Balaban J connectivity index is 2.07. The van der Waals surface area contributed by atoms with Gasteiger partial charge in [-0.1, -0.05) is 68.4 Å². The lowest BCUT2D eigenvalue weighted by atomic mass is 9.93. The molecule has 0 spiro atoms. The molecule has 1 N–H and O–H groups in total. The summed E-state index contributed by atoms with van der Waals surface area (Å²) >= 11 is 0. The van der Waals surface area contributed by atoms with Crippen LogP contribution in [0.4, 0.5) is 0 Å². The van der Waals surface area contributed by atoms with Gasteiger partial charge in [-0.05, 0) is 44.1 Å². The molecule has 1 amide bonds. The Bertz CT molecular complexity index is 931. The van der Waals surface area contributed by atoms with Gasteiger partial charge in [0, 0.05) is 12.1 Å². The van der Waals surface area contributed by atoms with Crippen LogP contribution in [-0.2, 0) is 9.59 Å². The number of rotatable bonds is 7. The molecule has 1 heterocycles. The van der Waals surface area contributed by atoms with Crippen LogP contribution in [0.15, 0.2) is 60.2 Å². The van der Waals surface area contributed by atoms with Crippen molar-refractivity contribution in [3.05, 3.63) is 76.9 Å². The third kappa shape index (κ3) is 4.46. The number of hydrogen-bond acceptors (Lipinski definition) is 4. The minimum absolute atomic E-state index is 0.123. The van der Waals surface area contributed by atoms with E-state index in [2.05, 4.69) is 13.8 Å². The number of aliphatic hydroxyl groups is 1. The molecule has 3 rings (SSSR count). The molecular formula is C25H30N2O3. The number of carbonyl (C=O) groups excluding carboxylic acids is 2. The van der Waals surface area contributed by atoms with Crippen LogP contribution < -0.4 is 0 Å². The number of aliphatic hydroxyl groups excluding tert-OH is 1. The van der Waals surface area contributed by atoms with Gasteiger partial charge in [-0.2, -0.15) is 0 Å². The van der Waals surface area contributed by atoms with Gasteiger partial charge < -0.3 is 14.9 Å². The number of nitrogens with zero attached hydrogens (tertiary/aromatic N) is 2. The first-order valence-electron chi connectivity index (χ1n) is 10.4. The first kappa shape index (κ1) is 21.8. The fourth-order valence-electron chi connectivity index (χ4n) is 3.83. The molecule has 0 aromatic heterocycles. The summed E-state index contributed by atoms with van der Waals surface area (Å²) in [4.78, 5) is 29.5. The van der Waals surface area contributed by atoms with Crippen LogP contribution >= 0.6 is 0 Å². The Morgan fingerprint density at radius 3 is 2.23 bits per heavy atom. The Labute approximate surface area is 178 Å². The van der Waals surface area contributed by atoms with E-state index in [0.717, 1.165) is 18.5 Å². The molecule has 2 aromatic carbocycles. The first-order chi connectivity index (χ1) is 14.3. The zero-order chi connectivity index (χ0) is 21.8. The highest BCUT2D eigenvalue weighted by molar-refractivity contribution is 6.46. The monoisotopic (exact) mass is 406 g/mol. The van der Waals surface area contributed by atoms with E-state index in [1.165, 1.54) is 5.56 Å². The van der Waals surface area contributed by atoms with E-state index >= 15 is 0 Å². The van der Waals surface area contributed by atoms with E-state index in [4.69, 9.17) is 0 Å². The SMILES string of the molecule is CC(C)c1ccc([C@@H]2/C(=C(\O)c3ccccc3)C(=O)C(=O)N2CCCN(C)C)cc1. The maximum atomic E-state index is 13.0. The van der Waals surface area contributed by atoms with Gasteiger partial charge >= 0.3 is 0 Å². The Morgan fingerprint density at radius 1 is 1.03 bits per heavy atom. The van der Waals surface area contributed by atoms with Crippen molar-refractivity contribution >= 4 is 17.4 Å². The van der Waals surface area contributed by atoms with Gasteiger partial charge in [0.05, 0.1) is 11.6 Å². The summed E-state index contributed by atoms with van der Waals surface area (Å²) in [6.07, 6.45) is 0.742. The van der Waals surface area contributed by atoms with Crippen LogP contribution in [-0.4, -0.2) is 53.8 Å². The highest BCUT2D eigenvalue weighted by Crippen LogP contribution is 2.39. The number of ketones is 1. The van der Waals surface area contributed by atoms with Crippen molar-refractivity contribution in [1.82, 2.24) is 9.80 Å². The van der Waals surface area contributed by atoms with E-state index in [1.807, 2.05) is 49.3 Å². The zero-order valence-corrected chi connectivity index (χ0v) is 18.1. The van der Waals surface area contributed by atoms with Crippen molar-refractivity contribution in [2.45, 2.75) is 32.2 Å². The third-order valence-corrected chi connectivity index (χ3v) is 5.51. The lowest BCUT2D eigenvalue weighted by molar-refractivity contribution is -0.139. The number of amides is 1. The summed E-state index contributed by atoms with van der Waals surface area (Å²) in [5.74, 6) is -0.917. The van der Waals surface area contributed by atoms with Crippen molar-refractivity contribution in [3.8, 4) is 0 Å². The molecule has 1 fully saturated rings. The molecule has 0 saturated carbocycles. The van der Waals surface area contributed by atoms with Gasteiger partial charge in [-0.15, -0.1) is 0 Å². The van der Waals surface area contributed by atoms with Gasteiger partial charge in [-0.25, -0.2) is 0 Å². The Morgan fingerprint density at radius 2 is 1.67 bits per heavy atom. The van der Waals surface area contributed by atoms with Crippen LogP contribution in [0.25, 0.3) is 5.76 Å². The van der Waals surface area contributed by atoms with E-state index < -0.39 is 17.7 Å². The quantitative estimate of drug-likeness (QED) is 0.426. The van der Waals surface area contributed by atoms with Gasteiger partial charge in [-0.3, -0.25) is 9.59 Å². The second kappa shape index (κ2) is 9.26. The molecule has 30 heavy (non-hydrogen) atoms. The number of likely N-dealkylation sites (tertiary alicyclic amines) is 1. The second-order valence-electron chi connectivity index (χ2n) is 8.34. The molecule has 1 aliphatic heterocycles. The maximum Gasteiger partial charge on any atom is 0.295 e. The molecule has 0 aliphatic carbocycles. The van der Waals surface area contributed by atoms with E-state index in [0.29, 0.717) is 18.0 Å². The minimum atomic E-state index is -0.626. The van der Waals surface area contributed by atoms with Crippen LogP contribution in [0, 0.1) is 0 Å². The minimum Gasteiger partial charge on any atom is -0.507 e. The molecule has 0 radical (unpaired) electrons. The molecule has 5 heteroatoms. The van der Waals surface area contributed by atoms with E-state index in [1.54, 1.807) is 29.2 Å². The Hall–Kier alpha value is -2.92. The summed E-state index contributed by atoms with van der Waals surface area (Å²) in [6.45, 7) is 5.50. The number of hydrogen-bond donors (Lipinski definition) is 1. The summed E-state index contributed by atoms with van der Waals surface area (Å²) < 4.78 is 0. The average Bonchev–Trinajstić information content (AvgIpc) is 2.98. The summed E-state index contributed by atoms with van der Waals surface area (Å²) in [6, 6.07) is 16.3. The summed E-state index contributed by atoms with van der Waals surface area (Å²) in [5.41, 5.74) is 2.72. The molecule has 1 aliphatic rings. The predicted octanol–water partition coefficient (Wildman–Crippen LogP) is 4.18. The van der Waals surface area contributed by atoms with Crippen molar-refractivity contribution < 1.29 is 14.7 Å². The highest BCUT2D eigenvalue weighted by atomic mass is 16.3. The fourth-order valence-corrected chi connectivity index (χ4v) is 3.83. The maximum absolute atomic E-state index is 13.0. The van der Waals surface area contributed by atoms with Gasteiger partial charge in [0.25, 0.3) is 11.7 Å². The topological polar surface area (TPSA) is 60.9 Å². The Kier molecular flexibility index (Phi) is 6.73. The number of benzene rings is 2. The van der Waals surface area contributed by atoms with Gasteiger partial charge in [0.1, 0.15) is 5.76 Å². The van der Waals surface area contributed by atoms with E-state index in [9.17, 15) is 14.7 Å². The summed E-state index contributed by atoms with van der Waals surface area (Å²) in [5, 5.41) is 11.0. The molecule has 1 saturated heterocycles. The third-order valence-electron chi connectivity index (χ3n) is 5.51. The molecule has 158 valence electrons. The smallest absolute Gasteiger partial charge is 0.295 e. The molecular weight excluding hydrogens is 376 g/mol. The van der Waals surface area contributed by atoms with Gasteiger partial charge in [0.2, 0.25) is 0 Å². The van der Waals surface area contributed by atoms with Crippen molar-refractivity contribution in [2.24, 2.45) is 0 Å². The normalized spacial score (nSPS) is 18.6. The summed E-state index contributed by atoms with van der Waals surface area (Å²) in [7, 11) is 3.96. The van der Waals surface area contributed by atoms with E-state index in [-0.39, 0.29) is 11.3 Å². The average molecular weight is 407 g/mol. The molecule has 0 unspecified atom stereocenters. The molecule has 1 atom stereocenters. The van der Waals surface area contributed by atoms with Crippen molar-refractivity contribution in [1.29, 1.82) is 0 Å². The predicted molar refractivity (Wildman–Crippen MR) is 119 cm³/mol. The van der Waals surface area contributed by atoms with Crippen molar-refractivity contribution in [2.75, 3.05) is 27.2 Å². The van der Waals surface area contributed by atoms with Crippen molar-refractivity contribution in [3.63, 3.8) is 0 Å². The molecule has 2 aromatic rings. The lowest BCUT2D eigenvalue weighted by Gasteiger charge is -2.26. The standard InChI is InChI=1S/C25H30N2O3/c1-17(2)18-11-13-19(14-12-18)22-21(23(28)20-9-6-5-7-10-20)24(29)25(30)27(22)16-8-15-26(3)4/h5-7,9-14,17,22,28H,8,15-16H2,1-4H3/b23-21+/t22-/m1/s1. The second-order valence-corrected chi connectivity index (χ2v) is 8.34. The number of Topliss-reactive ketones (excluding diaryl/α,β-unsaturated/α-hetero) is 1. The largest absolute Gasteiger partial charge is 0.507 e. The lowest BCUT2D eigenvalue weighted by Crippen LogP contribution is -2.32. The first-order valence-corrected chi connectivity index (χ1v) is 10.4. The molecule has 0 bridgehead atoms. The van der Waals surface area contributed by atoms with Crippen LogP contribution in [0.2, 0.25) is 0 Å². The molecule has 5 nitrogen and oxygen atoms in total. The highest BCUT2D eigenvalue weighted by Gasteiger charge is 2.45. The number of carbonyl (C=O) groups is 2.